The maximum Gasteiger partial charge on any atom is 0.164 e. The van der Waals surface area contributed by atoms with E-state index in [9.17, 15) is 0 Å². The van der Waals surface area contributed by atoms with Crippen LogP contribution in [0.1, 0.15) is 0 Å². The van der Waals surface area contributed by atoms with Crippen molar-refractivity contribution in [1.82, 2.24) is 15.0 Å². The fraction of sp³-hybridized carbons (Fsp3) is 0. The Morgan fingerprint density at radius 1 is 0.200 bits per heavy atom. The van der Waals surface area contributed by atoms with E-state index in [-0.39, 0.29) is 0 Å². The van der Waals surface area contributed by atoms with Gasteiger partial charge >= 0.3 is 0 Å². The molecule has 0 aliphatic heterocycles. The van der Waals surface area contributed by atoms with Crippen LogP contribution < -0.4 is 0 Å². The van der Waals surface area contributed by atoms with Crippen molar-refractivity contribution >= 4 is 21.5 Å². The van der Waals surface area contributed by atoms with E-state index in [1.165, 1.54) is 38.4 Å². The third-order valence-electron chi connectivity index (χ3n) is 9.27. The van der Waals surface area contributed by atoms with E-state index in [0.29, 0.717) is 17.5 Å². The molecule has 0 aliphatic rings. The Morgan fingerprint density at radius 2 is 0.500 bits per heavy atom. The van der Waals surface area contributed by atoms with Crippen molar-refractivity contribution in [1.29, 1.82) is 0 Å². The minimum absolute atomic E-state index is 0.642. The maximum absolute atomic E-state index is 5.07. The third kappa shape index (κ3) is 5.82. The molecule has 3 nitrogen and oxygen atoms in total. The van der Waals surface area contributed by atoms with Gasteiger partial charge in [0.25, 0.3) is 0 Å². The van der Waals surface area contributed by atoms with Gasteiger partial charge in [-0.2, -0.15) is 0 Å². The molecule has 0 N–H and O–H groups in total. The first-order valence-corrected chi connectivity index (χ1v) is 16.8. The highest BCUT2D eigenvalue weighted by atomic mass is 15.0. The Balaban J connectivity index is 1.10. The molecule has 8 aromatic carbocycles. The second-order valence-electron chi connectivity index (χ2n) is 12.5. The Bertz CT molecular complexity index is 2630. The van der Waals surface area contributed by atoms with Crippen LogP contribution in [0.25, 0.3) is 89.1 Å². The normalized spacial score (nSPS) is 11.2. The standard InChI is InChI=1S/C47H31N3/c1-4-11-32(12-5-1)36-19-21-40-29-38(23-24-39(40)27-36)35-17-10-18-43(30-35)46-48-45(34-15-8-3-9-16-34)49-47(50-46)44-26-25-41-28-37(20-22-42(41)31-44)33-13-6-2-7-14-33/h1-31H. The molecule has 0 bridgehead atoms. The van der Waals surface area contributed by atoms with Crippen LogP contribution in [-0.4, -0.2) is 15.0 Å². The fourth-order valence-corrected chi connectivity index (χ4v) is 6.62. The molecule has 0 amide bonds. The lowest BCUT2D eigenvalue weighted by Crippen LogP contribution is -2.00. The molecule has 50 heavy (non-hydrogen) atoms. The number of nitrogens with zero attached hydrogens (tertiary/aromatic N) is 3. The van der Waals surface area contributed by atoms with E-state index in [4.69, 9.17) is 15.0 Å². The molecular weight excluding hydrogens is 607 g/mol. The Kier molecular flexibility index (Phi) is 7.49. The maximum atomic E-state index is 5.07. The van der Waals surface area contributed by atoms with Gasteiger partial charge in [-0.25, -0.2) is 15.0 Å². The molecular formula is C47H31N3. The van der Waals surface area contributed by atoms with Crippen molar-refractivity contribution in [3.8, 4) is 67.5 Å². The van der Waals surface area contributed by atoms with Gasteiger partial charge in [-0.1, -0.05) is 158 Å². The van der Waals surface area contributed by atoms with Crippen LogP contribution in [0.15, 0.2) is 188 Å². The van der Waals surface area contributed by atoms with E-state index >= 15 is 0 Å². The van der Waals surface area contributed by atoms with Crippen molar-refractivity contribution in [3.63, 3.8) is 0 Å². The van der Waals surface area contributed by atoms with Crippen LogP contribution in [0.4, 0.5) is 0 Å². The number of aromatic nitrogens is 3. The van der Waals surface area contributed by atoms with Gasteiger partial charge in [-0.05, 0) is 85.3 Å². The van der Waals surface area contributed by atoms with Crippen LogP contribution in [0.3, 0.4) is 0 Å². The van der Waals surface area contributed by atoms with Crippen LogP contribution in [-0.2, 0) is 0 Å². The molecule has 234 valence electrons. The first kappa shape index (κ1) is 29.4. The van der Waals surface area contributed by atoms with Gasteiger partial charge in [0.1, 0.15) is 0 Å². The van der Waals surface area contributed by atoms with Crippen LogP contribution in [0, 0.1) is 0 Å². The highest BCUT2D eigenvalue weighted by Crippen LogP contribution is 2.33. The van der Waals surface area contributed by atoms with Gasteiger partial charge in [0, 0.05) is 16.7 Å². The number of fused-ring (bicyclic) bond motifs is 2. The summed E-state index contributed by atoms with van der Waals surface area (Å²) in [6, 6.07) is 66.0. The molecule has 0 unspecified atom stereocenters. The van der Waals surface area contributed by atoms with Gasteiger partial charge in [0.15, 0.2) is 17.5 Å². The average Bonchev–Trinajstić information content (AvgIpc) is 3.21. The number of benzene rings is 8. The largest absolute Gasteiger partial charge is 0.208 e. The van der Waals surface area contributed by atoms with Crippen molar-refractivity contribution in [2.24, 2.45) is 0 Å². The minimum Gasteiger partial charge on any atom is -0.208 e. The fourth-order valence-electron chi connectivity index (χ4n) is 6.62. The molecule has 1 heterocycles. The smallest absolute Gasteiger partial charge is 0.164 e. The highest BCUT2D eigenvalue weighted by molar-refractivity contribution is 5.92. The molecule has 3 heteroatoms. The predicted molar refractivity (Wildman–Crippen MR) is 207 cm³/mol. The topological polar surface area (TPSA) is 38.7 Å². The summed E-state index contributed by atoms with van der Waals surface area (Å²) in [6.07, 6.45) is 0. The summed E-state index contributed by atoms with van der Waals surface area (Å²) in [4.78, 5) is 15.1. The van der Waals surface area contributed by atoms with Crippen LogP contribution >= 0.6 is 0 Å². The van der Waals surface area contributed by atoms with Gasteiger partial charge in [-0.3, -0.25) is 0 Å². The molecule has 0 aliphatic carbocycles. The second kappa shape index (κ2) is 12.7. The first-order valence-electron chi connectivity index (χ1n) is 16.8. The number of hydrogen-bond donors (Lipinski definition) is 0. The molecule has 0 saturated carbocycles. The summed E-state index contributed by atoms with van der Waals surface area (Å²) < 4.78 is 0. The van der Waals surface area contributed by atoms with Gasteiger partial charge in [0.05, 0.1) is 0 Å². The quantitative estimate of drug-likeness (QED) is 0.182. The molecule has 9 aromatic rings. The highest BCUT2D eigenvalue weighted by Gasteiger charge is 2.14. The molecule has 0 radical (unpaired) electrons. The summed E-state index contributed by atoms with van der Waals surface area (Å²) >= 11 is 0. The van der Waals surface area contributed by atoms with Crippen molar-refractivity contribution in [2.45, 2.75) is 0 Å². The summed E-state index contributed by atoms with van der Waals surface area (Å²) in [5, 5.41) is 4.73. The average molecular weight is 638 g/mol. The minimum atomic E-state index is 0.642. The molecule has 0 spiro atoms. The summed E-state index contributed by atoms with van der Waals surface area (Å²) in [5.41, 5.74) is 9.94. The van der Waals surface area contributed by atoms with Gasteiger partial charge in [0.2, 0.25) is 0 Å². The summed E-state index contributed by atoms with van der Waals surface area (Å²) in [6.45, 7) is 0. The summed E-state index contributed by atoms with van der Waals surface area (Å²) in [5.74, 6) is 1.94. The first-order chi connectivity index (χ1) is 24.7. The zero-order valence-electron chi connectivity index (χ0n) is 27.2. The predicted octanol–water partition coefficient (Wildman–Crippen LogP) is 12.2. The van der Waals surface area contributed by atoms with E-state index < -0.39 is 0 Å². The Labute approximate surface area is 291 Å². The molecule has 0 saturated heterocycles. The van der Waals surface area contributed by atoms with E-state index in [2.05, 4.69) is 152 Å². The lowest BCUT2D eigenvalue weighted by molar-refractivity contribution is 1.07. The lowest BCUT2D eigenvalue weighted by Gasteiger charge is -2.11. The van der Waals surface area contributed by atoms with Crippen molar-refractivity contribution in [3.05, 3.63) is 188 Å². The van der Waals surface area contributed by atoms with Gasteiger partial charge in [-0.15, -0.1) is 0 Å². The molecule has 1 aromatic heterocycles. The second-order valence-corrected chi connectivity index (χ2v) is 12.5. The van der Waals surface area contributed by atoms with E-state index in [1.807, 2.05) is 36.4 Å². The van der Waals surface area contributed by atoms with Crippen molar-refractivity contribution in [2.75, 3.05) is 0 Å². The molecule has 9 rings (SSSR count). The van der Waals surface area contributed by atoms with Crippen LogP contribution in [0.2, 0.25) is 0 Å². The monoisotopic (exact) mass is 637 g/mol. The number of rotatable bonds is 6. The Hall–Kier alpha value is -6.71. The van der Waals surface area contributed by atoms with Crippen molar-refractivity contribution < 1.29 is 0 Å². The zero-order chi connectivity index (χ0) is 33.3. The third-order valence-corrected chi connectivity index (χ3v) is 9.27. The zero-order valence-corrected chi connectivity index (χ0v) is 27.2. The Morgan fingerprint density at radius 3 is 0.980 bits per heavy atom. The van der Waals surface area contributed by atoms with E-state index in [0.717, 1.165) is 33.2 Å². The van der Waals surface area contributed by atoms with E-state index in [1.54, 1.807) is 0 Å². The van der Waals surface area contributed by atoms with Gasteiger partial charge < -0.3 is 0 Å². The SMILES string of the molecule is c1ccc(-c2ccc3cc(-c4cccc(-c5nc(-c6ccccc6)nc(-c6ccc7cc(-c8ccccc8)ccc7c6)n5)c4)ccc3c2)cc1. The number of hydrogen-bond acceptors (Lipinski definition) is 3. The molecule has 0 atom stereocenters. The molecule has 0 fully saturated rings. The van der Waals surface area contributed by atoms with Crippen LogP contribution in [0.5, 0.6) is 0 Å². The summed E-state index contributed by atoms with van der Waals surface area (Å²) in [7, 11) is 0. The lowest BCUT2D eigenvalue weighted by atomic mass is 9.97.